The van der Waals surface area contributed by atoms with Crippen LogP contribution in [-0.2, 0) is 14.9 Å². The van der Waals surface area contributed by atoms with Gasteiger partial charge in [-0.1, -0.05) is 39.8 Å². The average molecular weight is 318 g/mol. The lowest BCUT2D eigenvalue weighted by Gasteiger charge is -2.31. The molecule has 1 aromatic carbocycles. The lowest BCUT2D eigenvalue weighted by atomic mass is 9.74. The first-order valence-corrected chi connectivity index (χ1v) is 8.06. The highest BCUT2D eigenvalue weighted by Gasteiger charge is 2.29. The maximum Gasteiger partial charge on any atom is 0.316 e. The number of esters is 1. The van der Waals surface area contributed by atoms with Gasteiger partial charge in [-0.15, -0.1) is 0 Å². The van der Waals surface area contributed by atoms with E-state index in [-0.39, 0.29) is 11.4 Å². The van der Waals surface area contributed by atoms with Crippen LogP contribution in [0.5, 0.6) is 5.75 Å². The number of rotatable bonds is 5. The minimum atomic E-state index is -0.523. The van der Waals surface area contributed by atoms with Crippen LogP contribution in [0.25, 0.3) is 0 Å². The number of allylic oxidation sites excluding steroid dienone is 1. The molecule has 0 heterocycles. The molecule has 0 radical (unpaired) electrons. The lowest BCUT2D eigenvalue weighted by Crippen LogP contribution is -2.26. The first kappa shape index (κ1) is 19.3. The molecule has 0 aliphatic heterocycles. The average Bonchev–Trinajstić information content (AvgIpc) is 2.43. The van der Waals surface area contributed by atoms with Gasteiger partial charge < -0.3 is 9.47 Å². The summed E-state index contributed by atoms with van der Waals surface area (Å²) in [6, 6.07) is 7.74. The van der Waals surface area contributed by atoms with Crippen molar-refractivity contribution in [1.29, 1.82) is 0 Å². The Morgan fingerprint density at radius 2 is 1.74 bits per heavy atom. The van der Waals surface area contributed by atoms with E-state index in [9.17, 15) is 4.79 Å². The fourth-order valence-corrected chi connectivity index (χ4v) is 2.51. The van der Waals surface area contributed by atoms with Gasteiger partial charge in [-0.3, -0.25) is 4.79 Å². The van der Waals surface area contributed by atoms with Crippen molar-refractivity contribution >= 4 is 5.97 Å². The summed E-state index contributed by atoms with van der Waals surface area (Å²) in [6.45, 7) is 14.2. The molecular formula is C20H30O3. The van der Waals surface area contributed by atoms with Gasteiger partial charge in [0.1, 0.15) is 5.75 Å². The monoisotopic (exact) mass is 318 g/mol. The lowest BCUT2D eigenvalue weighted by molar-refractivity contribution is -0.143. The Morgan fingerprint density at radius 1 is 1.13 bits per heavy atom. The Labute approximate surface area is 140 Å². The molecule has 3 nitrogen and oxygen atoms in total. The van der Waals surface area contributed by atoms with E-state index in [2.05, 4.69) is 33.8 Å². The van der Waals surface area contributed by atoms with Crippen LogP contribution in [0.3, 0.4) is 0 Å². The van der Waals surface area contributed by atoms with E-state index in [1.165, 1.54) is 5.57 Å². The molecular weight excluding hydrogens is 288 g/mol. The predicted octanol–water partition coefficient (Wildman–Crippen LogP) is 5.10. The molecule has 0 aromatic heterocycles. The summed E-state index contributed by atoms with van der Waals surface area (Å²) in [5.74, 6) is 0.700. The molecule has 0 amide bonds. The first-order valence-electron chi connectivity index (χ1n) is 8.06. The van der Waals surface area contributed by atoms with Crippen LogP contribution in [0.4, 0.5) is 0 Å². The highest BCUT2D eigenvalue weighted by atomic mass is 16.5. The molecule has 0 bridgehead atoms. The maximum absolute atomic E-state index is 12.1. The van der Waals surface area contributed by atoms with Gasteiger partial charge >= 0.3 is 5.97 Å². The molecule has 0 aliphatic rings. The standard InChI is InChI=1S/C20H30O3/c1-14(2)17(13-22-8)20(6,7)15-10-9-11-16(12-15)23-18(21)19(3,4)5/h9-14H,1-8H3/b17-13+. The van der Waals surface area contributed by atoms with Crippen molar-refractivity contribution in [2.75, 3.05) is 7.11 Å². The van der Waals surface area contributed by atoms with E-state index >= 15 is 0 Å². The topological polar surface area (TPSA) is 35.5 Å². The van der Waals surface area contributed by atoms with Gasteiger partial charge in [0.25, 0.3) is 0 Å². The molecule has 0 fully saturated rings. The van der Waals surface area contributed by atoms with E-state index in [1.54, 1.807) is 7.11 Å². The van der Waals surface area contributed by atoms with Crippen molar-refractivity contribution in [3.8, 4) is 5.75 Å². The van der Waals surface area contributed by atoms with Gasteiger partial charge in [0, 0.05) is 5.41 Å². The normalized spacial score (nSPS) is 13.2. The van der Waals surface area contributed by atoms with Crippen molar-refractivity contribution in [2.24, 2.45) is 11.3 Å². The van der Waals surface area contributed by atoms with Gasteiger partial charge in [-0.2, -0.15) is 0 Å². The third-order valence-electron chi connectivity index (χ3n) is 3.97. The van der Waals surface area contributed by atoms with Crippen LogP contribution in [0.1, 0.15) is 54.0 Å². The van der Waals surface area contributed by atoms with Crippen molar-refractivity contribution in [3.63, 3.8) is 0 Å². The molecule has 128 valence electrons. The molecule has 1 aromatic rings. The van der Waals surface area contributed by atoms with E-state index < -0.39 is 5.41 Å². The summed E-state index contributed by atoms with van der Waals surface area (Å²) in [5, 5.41) is 0. The van der Waals surface area contributed by atoms with Crippen molar-refractivity contribution in [3.05, 3.63) is 41.7 Å². The highest BCUT2D eigenvalue weighted by Crippen LogP contribution is 2.37. The molecule has 0 saturated carbocycles. The van der Waals surface area contributed by atoms with Gasteiger partial charge in [0.2, 0.25) is 0 Å². The number of benzene rings is 1. The predicted molar refractivity (Wildman–Crippen MR) is 94.5 cm³/mol. The molecule has 0 aliphatic carbocycles. The molecule has 0 saturated heterocycles. The van der Waals surface area contributed by atoms with E-state index in [4.69, 9.17) is 9.47 Å². The smallest absolute Gasteiger partial charge is 0.316 e. The van der Waals surface area contributed by atoms with Gasteiger partial charge in [0.15, 0.2) is 0 Å². The van der Waals surface area contributed by atoms with Gasteiger partial charge in [-0.05, 0) is 50.0 Å². The van der Waals surface area contributed by atoms with Crippen LogP contribution in [0.2, 0.25) is 0 Å². The second-order valence-electron chi connectivity index (χ2n) is 7.76. The van der Waals surface area contributed by atoms with Gasteiger partial charge in [-0.25, -0.2) is 0 Å². The zero-order valence-corrected chi connectivity index (χ0v) is 15.7. The van der Waals surface area contributed by atoms with E-state index in [1.807, 2.05) is 45.2 Å². The summed E-state index contributed by atoms with van der Waals surface area (Å²) < 4.78 is 10.8. The summed E-state index contributed by atoms with van der Waals surface area (Å²) in [7, 11) is 1.67. The number of carbonyl (C=O) groups excluding carboxylic acids is 1. The summed E-state index contributed by atoms with van der Waals surface area (Å²) in [5.41, 5.74) is 1.55. The van der Waals surface area contributed by atoms with Gasteiger partial charge in [0.05, 0.1) is 18.8 Å². The Morgan fingerprint density at radius 3 is 2.22 bits per heavy atom. The molecule has 0 atom stereocenters. The number of methoxy groups -OCH3 is 1. The molecule has 1 rings (SSSR count). The SMILES string of the molecule is CO/C=C(\C(C)C)C(C)(C)c1cccc(OC(=O)C(C)(C)C)c1. The fourth-order valence-electron chi connectivity index (χ4n) is 2.51. The Hall–Kier alpha value is -1.77. The zero-order chi connectivity index (χ0) is 17.8. The largest absolute Gasteiger partial charge is 0.504 e. The van der Waals surface area contributed by atoms with Crippen LogP contribution in [-0.4, -0.2) is 13.1 Å². The molecule has 0 unspecified atom stereocenters. The van der Waals surface area contributed by atoms with Crippen LogP contribution in [0.15, 0.2) is 36.1 Å². The quantitative estimate of drug-likeness (QED) is 0.430. The van der Waals surface area contributed by atoms with Crippen LogP contribution >= 0.6 is 0 Å². The van der Waals surface area contributed by atoms with Crippen molar-refractivity contribution < 1.29 is 14.3 Å². The minimum absolute atomic E-state index is 0.214. The summed E-state index contributed by atoms with van der Waals surface area (Å²) >= 11 is 0. The zero-order valence-electron chi connectivity index (χ0n) is 15.7. The number of carbonyl (C=O) groups is 1. The van der Waals surface area contributed by atoms with Crippen molar-refractivity contribution in [2.45, 2.75) is 53.9 Å². The van der Waals surface area contributed by atoms with E-state index in [0.29, 0.717) is 11.7 Å². The Kier molecular flexibility index (Phi) is 6.04. The Balaban J connectivity index is 3.17. The highest BCUT2D eigenvalue weighted by molar-refractivity contribution is 5.77. The first-order chi connectivity index (χ1) is 10.5. The fraction of sp³-hybridized carbons (Fsp3) is 0.550. The Bertz CT molecular complexity index is 575. The maximum atomic E-state index is 12.1. The number of hydrogen-bond acceptors (Lipinski definition) is 3. The second kappa shape index (κ2) is 7.20. The van der Waals surface area contributed by atoms with E-state index in [0.717, 1.165) is 5.56 Å². The second-order valence-corrected chi connectivity index (χ2v) is 7.76. The summed E-state index contributed by atoms with van der Waals surface area (Å²) in [6.07, 6.45) is 1.82. The number of ether oxygens (including phenoxy) is 2. The molecule has 0 N–H and O–H groups in total. The third kappa shape index (κ3) is 4.85. The number of hydrogen-bond donors (Lipinski definition) is 0. The summed E-state index contributed by atoms with van der Waals surface area (Å²) in [4.78, 5) is 12.1. The van der Waals surface area contributed by atoms with Crippen molar-refractivity contribution in [1.82, 2.24) is 0 Å². The van der Waals surface area contributed by atoms with Crippen LogP contribution < -0.4 is 4.74 Å². The molecule has 23 heavy (non-hydrogen) atoms. The minimum Gasteiger partial charge on any atom is -0.504 e. The third-order valence-corrected chi connectivity index (χ3v) is 3.97. The molecule has 3 heteroatoms. The van der Waals surface area contributed by atoms with Crippen LogP contribution in [0, 0.1) is 11.3 Å². The molecule has 0 spiro atoms.